The van der Waals surface area contributed by atoms with Crippen molar-refractivity contribution in [3.63, 3.8) is 0 Å². The molecule has 19 heavy (non-hydrogen) atoms. The van der Waals surface area contributed by atoms with Crippen LogP contribution < -0.4 is 15.8 Å². The monoisotopic (exact) mass is 327 g/mol. The van der Waals surface area contributed by atoms with E-state index in [1.165, 1.54) is 0 Å². The number of nitrogens with two attached hydrogens (primary N) is 1. The summed E-state index contributed by atoms with van der Waals surface area (Å²) in [5.74, 6) is 0.523. The standard InChI is InChI=1S/C13H18BrN3O2/c1-19-10-2-3-11(14)9(6-10)8-17-5-4-16-7-12(17)13(15)18/h2-3,6,12,16H,4-5,7-8H2,1H3,(H2,15,18). The van der Waals surface area contributed by atoms with Crippen molar-refractivity contribution in [1.82, 2.24) is 10.2 Å². The van der Waals surface area contributed by atoms with Crippen LogP contribution in [0.3, 0.4) is 0 Å². The molecule has 0 aromatic heterocycles. The van der Waals surface area contributed by atoms with Gasteiger partial charge in [0.1, 0.15) is 11.8 Å². The van der Waals surface area contributed by atoms with Crippen LogP contribution in [-0.4, -0.2) is 43.6 Å². The molecule has 6 heteroatoms. The Morgan fingerprint density at radius 3 is 3.11 bits per heavy atom. The highest BCUT2D eigenvalue weighted by atomic mass is 79.9. The van der Waals surface area contributed by atoms with Crippen molar-refractivity contribution in [2.45, 2.75) is 12.6 Å². The van der Waals surface area contributed by atoms with Gasteiger partial charge in [-0.3, -0.25) is 9.69 Å². The smallest absolute Gasteiger partial charge is 0.236 e. The molecule has 104 valence electrons. The van der Waals surface area contributed by atoms with Crippen LogP contribution in [0.1, 0.15) is 5.56 Å². The van der Waals surface area contributed by atoms with Crippen molar-refractivity contribution in [2.75, 3.05) is 26.7 Å². The van der Waals surface area contributed by atoms with Gasteiger partial charge in [0.05, 0.1) is 7.11 Å². The lowest BCUT2D eigenvalue weighted by Crippen LogP contribution is -2.56. The maximum Gasteiger partial charge on any atom is 0.236 e. The number of halogens is 1. The molecule has 0 spiro atoms. The molecule has 1 fully saturated rings. The second-order valence-electron chi connectivity index (χ2n) is 4.55. The number of piperazine rings is 1. The lowest BCUT2D eigenvalue weighted by Gasteiger charge is -2.34. The van der Waals surface area contributed by atoms with Crippen LogP contribution in [0.5, 0.6) is 5.75 Å². The minimum absolute atomic E-state index is 0.258. The summed E-state index contributed by atoms with van der Waals surface area (Å²) < 4.78 is 6.24. The van der Waals surface area contributed by atoms with Gasteiger partial charge < -0.3 is 15.8 Å². The first-order valence-corrected chi connectivity index (χ1v) is 6.97. The fourth-order valence-electron chi connectivity index (χ4n) is 2.23. The summed E-state index contributed by atoms with van der Waals surface area (Å²) in [6, 6.07) is 5.57. The molecule has 1 unspecified atom stereocenters. The van der Waals surface area contributed by atoms with Gasteiger partial charge in [-0.2, -0.15) is 0 Å². The van der Waals surface area contributed by atoms with Crippen LogP contribution in [-0.2, 0) is 11.3 Å². The number of ether oxygens (including phenoxy) is 1. The fraction of sp³-hybridized carbons (Fsp3) is 0.462. The lowest BCUT2D eigenvalue weighted by atomic mass is 10.1. The third-order valence-electron chi connectivity index (χ3n) is 3.31. The minimum atomic E-state index is -0.286. The number of benzene rings is 1. The minimum Gasteiger partial charge on any atom is -0.497 e. The van der Waals surface area contributed by atoms with E-state index in [2.05, 4.69) is 26.1 Å². The zero-order chi connectivity index (χ0) is 13.8. The summed E-state index contributed by atoms with van der Waals surface area (Å²) in [6.07, 6.45) is 0. The summed E-state index contributed by atoms with van der Waals surface area (Å²) in [5, 5.41) is 3.19. The van der Waals surface area contributed by atoms with E-state index in [0.29, 0.717) is 13.1 Å². The fourth-order valence-corrected chi connectivity index (χ4v) is 2.61. The molecule has 3 N–H and O–H groups in total. The van der Waals surface area contributed by atoms with E-state index >= 15 is 0 Å². The second-order valence-corrected chi connectivity index (χ2v) is 5.40. The highest BCUT2D eigenvalue weighted by Crippen LogP contribution is 2.24. The average Bonchev–Trinajstić information content (AvgIpc) is 2.41. The number of amides is 1. The normalized spacial score (nSPS) is 20.2. The quantitative estimate of drug-likeness (QED) is 0.855. The molecule has 0 aliphatic carbocycles. The Hall–Kier alpha value is -1.11. The maximum absolute atomic E-state index is 11.5. The van der Waals surface area contributed by atoms with Crippen LogP contribution >= 0.6 is 15.9 Å². The van der Waals surface area contributed by atoms with Gasteiger partial charge in [0.2, 0.25) is 5.91 Å². The first-order valence-electron chi connectivity index (χ1n) is 6.18. The lowest BCUT2D eigenvalue weighted by molar-refractivity contribution is -0.124. The van der Waals surface area contributed by atoms with Gasteiger partial charge in [-0.15, -0.1) is 0 Å². The van der Waals surface area contributed by atoms with Crippen molar-refractivity contribution in [1.29, 1.82) is 0 Å². The Balaban J connectivity index is 2.16. The Morgan fingerprint density at radius 2 is 2.42 bits per heavy atom. The Morgan fingerprint density at radius 1 is 1.63 bits per heavy atom. The van der Waals surface area contributed by atoms with Crippen LogP contribution in [0.25, 0.3) is 0 Å². The van der Waals surface area contributed by atoms with Crippen molar-refractivity contribution < 1.29 is 9.53 Å². The Bertz CT molecular complexity index is 467. The molecule has 1 amide bonds. The van der Waals surface area contributed by atoms with Crippen molar-refractivity contribution in [2.24, 2.45) is 5.73 Å². The molecule has 5 nitrogen and oxygen atoms in total. The van der Waals surface area contributed by atoms with E-state index in [1.807, 2.05) is 18.2 Å². The highest BCUT2D eigenvalue weighted by Gasteiger charge is 2.27. The molecule has 0 radical (unpaired) electrons. The van der Waals surface area contributed by atoms with E-state index in [4.69, 9.17) is 10.5 Å². The zero-order valence-corrected chi connectivity index (χ0v) is 12.4. The third kappa shape index (κ3) is 3.46. The average molecular weight is 328 g/mol. The van der Waals surface area contributed by atoms with Gasteiger partial charge in [0, 0.05) is 30.7 Å². The SMILES string of the molecule is COc1ccc(Br)c(CN2CCNCC2C(N)=O)c1. The molecular weight excluding hydrogens is 310 g/mol. The number of primary amides is 1. The van der Waals surface area contributed by atoms with Crippen LogP contribution in [0.4, 0.5) is 0 Å². The molecule has 1 aliphatic heterocycles. The van der Waals surface area contributed by atoms with E-state index in [1.54, 1.807) is 7.11 Å². The molecule has 2 rings (SSSR count). The van der Waals surface area contributed by atoms with Crippen LogP contribution in [0.15, 0.2) is 22.7 Å². The Labute approximate surface area is 121 Å². The zero-order valence-electron chi connectivity index (χ0n) is 10.9. The molecule has 1 aliphatic rings. The molecule has 1 heterocycles. The number of carbonyl (C=O) groups excluding carboxylic acids is 1. The molecule has 1 aromatic carbocycles. The van der Waals surface area contributed by atoms with Crippen molar-refractivity contribution in [3.05, 3.63) is 28.2 Å². The first-order chi connectivity index (χ1) is 9.11. The summed E-state index contributed by atoms with van der Waals surface area (Å²) in [5.41, 5.74) is 6.54. The maximum atomic E-state index is 11.5. The molecule has 1 aromatic rings. The molecule has 0 bridgehead atoms. The predicted molar refractivity (Wildman–Crippen MR) is 77.0 cm³/mol. The third-order valence-corrected chi connectivity index (χ3v) is 4.08. The van der Waals surface area contributed by atoms with E-state index in [9.17, 15) is 4.79 Å². The Kier molecular flexibility index (Phi) is 4.79. The largest absolute Gasteiger partial charge is 0.497 e. The predicted octanol–water partition coefficient (Wildman–Crippen LogP) is 0.717. The van der Waals surface area contributed by atoms with E-state index < -0.39 is 0 Å². The number of nitrogens with one attached hydrogen (secondary N) is 1. The summed E-state index contributed by atoms with van der Waals surface area (Å²) in [7, 11) is 1.64. The van der Waals surface area contributed by atoms with Crippen LogP contribution in [0, 0.1) is 0 Å². The molecular formula is C13H18BrN3O2. The second kappa shape index (κ2) is 6.36. The highest BCUT2D eigenvalue weighted by molar-refractivity contribution is 9.10. The van der Waals surface area contributed by atoms with Gasteiger partial charge in [0.15, 0.2) is 0 Å². The van der Waals surface area contributed by atoms with E-state index in [-0.39, 0.29) is 11.9 Å². The number of hydrogen-bond acceptors (Lipinski definition) is 4. The van der Waals surface area contributed by atoms with Gasteiger partial charge in [-0.1, -0.05) is 15.9 Å². The number of carbonyl (C=O) groups is 1. The van der Waals surface area contributed by atoms with E-state index in [0.717, 1.165) is 28.9 Å². The van der Waals surface area contributed by atoms with Gasteiger partial charge in [-0.25, -0.2) is 0 Å². The summed E-state index contributed by atoms with van der Waals surface area (Å²) >= 11 is 3.53. The van der Waals surface area contributed by atoms with Gasteiger partial charge in [0.25, 0.3) is 0 Å². The molecule has 0 saturated carbocycles. The topological polar surface area (TPSA) is 67.6 Å². The summed E-state index contributed by atoms with van der Waals surface area (Å²) in [6.45, 7) is 2.95. The molecule has 1 saturated heterocycles. The molecule has 1 atom stereocenters. The van der Waals surface area contributed by atoms with Gasteiger partial charge >= 0.3 is 0 Å². The number of methoxy groups -OCH3 is 1. The van der Waals surface area contributed by atoms with Gasteiger partial charge in [-0.05, 0) is 23.8 Å². The first kappa shape index (κ1) is 14.3. The van der Waals surface area contributed by atoms with Crippen LogP contribution in [0.2, 0.25) is 0 Å². The van der Waals surface area contributed by atoms with Crippen molar-refractivity contribution in [3.8, 4) is 5.75 Å². The number of hydrogen-bond donors (Lipinski definition) is 2. The number of rotatable bonds is 4. The summed E-state index contributed by atoms with van der Waals surface area (Å²) in [4.78, 5) is 13.6. The van der Waals surface area contributed by atoms with Crippen molar-refractivity contribution >= 4 is 21.8 Å². The number of nitrogens with zero attached hydrogens (tertiary/aromatic N) is 1.